The van der Waals surface area contributed by atoms with Gasteiger partial charge in [-0.05, 0) is 19.4 Å². The monoisotopic (exact) mass is 249 g/mol. The predicted octanol–water partition coefficient (Wildman–Crippen LogP) is 0.194. The van der Waals surface area contributed by atoms with E-state index in [0.717, 1.165) is 31.8 Å². The molecule has 0 aliphatic rings. The number of nitrogens with one attached hydrogen (secondary N) is 2. The van der Waals surface area contributed by atoms with Crippen molar-refractivity contribution in [3.05, 3.63) is 24.3 Å². The van der Waals surface area contributed by atoms with Crippen LogP contribution in [0.3, 0.4) is 0 Å². The summed E-state index contributed by atoms with van der Waals surface area (Å²) in [6.07, 6.45) is 5.62. The first-order valence-corrected chi connectivity index (χ1v) is 6.11. The van der Waals surface area contributed by atoms with Gasteiger partial charge in [0.05, 0.1) is 0 Å². The van der Waals surface area contributed by atoms with Gasteiger partial charge in [0, 0.05) is 37.9 Å². The summed E-state index contributed by atoms with van der Waals surface area (Å²) in [5.74, 6) is 1.12. The molecule has 0 amide bonds. The zero-order valence-electron chi connectivity index (χ0n) is 10.5. The van der Waals surface area contributed by atoms with E-state index in [1.165, 1.54) is 0 Å². The fourth-order valence-corrected chi connectivity index (χ4v) is 1.72. The molecule has 0 fully saturated rings. The Bertz CT molecular complexity index is 448. The van der Waals surface area contributed by atoms with E-state index in [0.29, 0.717) is 12.0 Å². The number of hydrogen-bond donors (Lipinski definition) is 3. The molecule has 0 aromatic carbocycles. The summed E-state index contributed by atoms with van der Waals surface area (Å²) in [7, 11) is 0. The normalized spacial score (nSPS) is 12.7. The van der Waals surface area contributed by atoms with Gasteiger partial charge in [0.1, 0.15) is 5.82 Å². The third kappa shape index (κ3) is 3.85. The van der Waals surface area contributed by atoms with Crippen LogP contribution < -0.4 is 11.1 Å². The lowest BCUT2D eigenvalue weighted by molar-refractivity contribution is 0.459. The minimum absolute atomic E-state index is 0.303. The lowest BCUT2D eigenvalue weighted by atomic mass is 10.2. The van der Waals surface area contributed by atoms with Gasteiger partial charge in [-0.1, -0.05) is 0 Å². The van der Waals surface area contributed by atoms with Crippen molar-refractivity contribution in [3.8, 4) is 0 Å². The van der Waals surface area contributed by atoms with Crippen LogP contribution in [0.25, 0.3) is 0 Å². The fraction of sp³-hybridized carbons (Fsp3) is 0.545. The molecular weight excluding hydrogens is 230 g/mol. The summed E-state index contributed by atoms with van der Waals surface area (Å²) in [5.41, 5.74) is 5.43. The predicted molar refractivity (Wildman–Crippen MR) is 68.8 cm³/mol. The highest BCUT2D eigenvalue weighted by Gasteiger charge is 2.03. The number of aromatic amines is 1. The second-order valence-electron chi connectivity index (χ2n) is 4.30. The molecular formula is C11H19N7. The molecule has 0 aliphatic carbocycles. The first kappa shape index (κ1) is 12.6. The van der Waals surface area contributed by atoms with Crippen LogP contribution in [0.2, 0.25) is 0 Å². The van der Waals surface area contributed by atoms with Crippen molar-refractivity contribution in [1.82, 2.24) is 30.3 Å². The summed E-state index contributed by atoms with van der Waals surface area (Å²) in [6, 6.07) is 2.38. The van der Waals surface area contributed by atoms with Crippen LogP contribution in [-0.4, -0.2) is 37.5 Å². The minimum Gasteiger partial charge on any atom is -0.367 e. The molecule has 0 bridgehead atoms. The molecule has 0 spiro atoms. The number of hydrogen-bond acceptors (Lipinski definition) is 5. The Morgan fingerprint density at radius 3 is 3.11 bits per heavy atom. The van der Waals surface area contributed by atoms with Gasteiger partial charge in [0.2, 0.25) is 5.95 Å². The maximum Gasteiger partial charge on any atom is 0.239 e. The highest BCUT2D eigenvalue weighted by atomic mass is 15.3. The lowest BCUT2D eigenvalue weighted by Gasteiger charge is -2.12. The Kier molecular flexibility index (Phi) is 4.30. The van der Waals surface area contributed by atoms with Crippen molar-refractivity contribution >= 4 is 5.95 Å². The van der Waals surface area contributed by atoms with Crippen LogP contribution >= 0.6 is 0 Å². The van der Waals surface area contributed by atoms with Gasteiger partial charge in [-0.3, -0.25) is 9.78 Å². The van der Waals surface area contributed by atoms with Crippen molar-refractivity contribution in [3.63, 3.8) is 0 Å². The van der Waals surface area contributed by atoms with E-state index in [-0.39, 0.29) is 0 Å². The van der Waals surface area contributed by atoms with E-state index in [9.17, 15) is 0 Å². The fourth-order valence-electron chi connectivity index (χ4n) is 1.72. The number of aromatic nitrogens is 5. The molecule has 0 saturated carbocycles. The summed E-state index contributed by atoms with van der Waals surface area (Å²) in [4.78, 5) is 4.05. The van der Waals surface area contributed by atoms with Crippen LogP contribution in [0.5, 0.6) is 0 Å². The molecule has 0 unspecified atom stereocenters. The van der Waals surface area contributed by atoms with Crippen molar-refractivity contribution in [2.45, 2.75) is 32.4 Å². The quantitative estimate of drug-likeness (QED) is 0.651. The van der Waals surface area contributed by atoms with Gasteiger partial charge in [-0.2, -0.15) is 10.1 Å². The van der Waals surface area contributed by atoms with Crippen LogP contribution in [0.4, 0.5) is 5.95 Å². The molecule has 2 aromatic heterocycles. The van der Waals surface area contributed by atoms with Gasteiger partial charge in [-0.15, -0.1) is 5.10 Å². The maximum atomic E-state index is 5.43. The highest BCUT2D eigenvalue weighted by Crippen LogP contribution is 1.97. The molecule has 2 rings (SSSR count). The zero-order valence-corrected chi connectivity index (χ0v) is 10.5. The Balaban J connectivity index is 1.61. The van der Waals surface area contributed by atoms with Crippen LogP contribution in [0.15, 0.2) is 18.5 Å². The van der Waals surface area contributed by atoms with E-state index in [1.54, 1.807) is 6.20 Å². The van der Waals surface area contributed by atoms with Gasteiger partial charge >= 0.3 is 0 Å². The summed E-state index contributed by atoms with van der Waals surface area (Å²) < 4.78 is 1.94. The standard InChI is InChI=1S/C11H19N7/c1-9(4-8-18-7-2-5-14-18)13-6-3-10-15-11(12)17-16-10/h2,5,7,9,13H,3-4,6,8H2,1H3,(H3,12,15,16,17)/t9-/m0/s1. The van der Waals surface area contributed by atoms with Crippen LogP contribution in [-0.2, 0) is 13.0 Å². The largest absolute Gasteiger partial charge is 0.367 e. The molecule has 2 heterocycles. The third-order valence-corrected chi connectivity index (χ3v) is 2.75. The molecule has 18 heavy (non-hydrogen) atoms. The van der Waals surface area contributed by atoms with E-state index < -0.39 is 0 Å². The molecule has 7 nitrogen and oxygen atoms in total. The van der Waals surface area contributed by atoms with Crippen molar-refractivity contribution in [2.75, 3.05) is 12.3 Å². The number of nitrogens with two attached hydrogens (primary N) is 1. The Hall–Kier alpha value is -1.89. The number of aryl methyl sites for hydroxylation is 1. The summed E-state index contributed by atoms with van der Waals surface area (Å²) in [5, 5.41) is 14.2. The molecule has 7 heteroatoms. The summed E-state index contributed by atoms with van der Waals surface area (Å²) >= 11 is 0. The second-order valence-corrected chi connectivity index (χ2v) is 4.30. The Labute approximate surface area is 106 Å². The van der Waals surface area contributed by atoms with Gasteiger partial charge < -0.3 is 11.1 Å². The minimum atomic E-state index is 0.303. The molecule has 1 atom stereocenters. The lowest BCUT2D eigenvalue weighted by Crippen LogP contribution is -2.29. The number of nitrogen functional groups attached to an aromatic ring is 1. The number of anilines is 1. The van der Waals surface area contributed by atoms with E-state index in [4.69, 9.17) is 5.73 Å². The second kappa shape index (κ2) is 6.15. The average molecular weight is 249 g/mol. The number of H-pyrrole nitrogens is 1. The van der Waals surface area contributed by atoms with Crippen molar-refractivity contribution < 1.29 is 0 Å². The van der Waals surface area contributed by atoms with E-state index in [2.05, 4.69) is 32.5 Å². The topological polar surface area (TPSA) is 97.4 Å². The summed E-state index contributed by atoms with van der Waals surface area (Å²) in [6.45, 7) is 3.95. The van der Waals surface area contributed by atoms with Gasteiger partial charge in [0.25, 0.3) is 0 Å². The van der Waals surface area contributed by atoms with Gasteiger partial charge in [0.15, 0.2) is 0 Å². The molecule has 0 saturated heterocycles. The maximum absolute atomic E-state index is 5.43. The molecule has 4 N–H and O–H groups in total. The van der Waals surface area contributed by atoms with Crippen molar-refractivity contribution in [2.24, 2.45) is 0 Å². The molecule has 2 aromatic rings. The van der Waals surface area contributed by atoms with Crippen LogP contribution in [0, 0.1) is 0 Å². The first-order chi connectivity index (χ1) is 8.74. The average Bonchev–Trinajstić information content (AvgIpc) is 2.98. The molecule has 98 valence electrons. The highest BCUT2D eigenvalue weighted by molar-refractivity contribution is 5.12. The number of nitrogens with zero attached hydrogens (tertiary/aromatic N) is 4. The van der Waals surface area contributed by atoms with E-state index >= 15 is 0 Å². The third-order valence-electron chi connectivity index (χ3n) is 2.75. The molecule has 0 radical (unpaired) electrons. The van der Waals surface area contributed by atoms with Crippen LogP contribution in [0.1, 0.15) is 19.2 Å². The Morgan fingerprint density at radius 2 is 2.44 bits per heavy atom. The number of rotatable bonds is 7. The van der Waals surface area contributed by atoms with Gasteiger partial charge in [-0.25, -0.2) is 0 Å². The van der Waals surface area contributed by atoms with E-state index in [1.807, 2.05) is 16.9 Å². The smallest absolute Gasteiger partial charge is 0.239 e. The Morgan fingerprint density at radius 1 is 1.56 bits per heavy atom. The van der Waals surface area contributed by atoms with Crippen molar-refractivity contribution in [1.29, 1.82) is 0 Å². The molecule has 0 aliphatic heterocycles. The zero-order chi connectivity index (χ0) is 12.8. The SMILES string of the molecule is C[C@@H](CCn1cccn1)NCCc1nc(N)n[nH]1. The first-order valence-electron chi connectivity index (χ1n) is 6.11.